The second kappa shape index (κ2) is 6.60. The van der Waals surface area contributed by atoms with Gasteiger partial charge in [-0.05, 0) is 12.5 Å². The van der Waals surface area contributed by atoms with Gasteiger partial charge < -0.3 is 5.32 Å². The zero-order valence-corrected chi connectivity index (χ0v) is 8.81. The molecule has 0 radical (unpaired) electrons. The maximum absolute atomic E-state index is 11.0. The minimum Gasteiger partial charge on any atom is -0.353 e. The van der Waals surface area contributed by atoms with E-state index in [0.717, 1.165) is 5.56 Å². The Morgan fingerprint density at radius 2 is 2.00 bits per heavy atom. The molecule has 2 nitrogen and oxygen atoms in total. The molecule has 1 amide bonds. The minimum atomic E-state index is -0.0600. The molecule has 0 aliphatic carbocycles. The van der Waals surface area contributed by atoms with Gasteiger partial charge in [0.1, 0.15) is 0 Å². The van der Waals surface area contributed by atoms with Crippen LogP contribution in [0.4, 0.5) is 0 Å². The first-order valence-electron chi connectivity index (χ1n) is 5.00. The van der Waals surface area contributed by atoms with Gasteiger partial charge in [0.05, 0.1) is 0 Å². The number of hydrogen-bond donors (Lipinski definition) is 1. The van der Waals surface area contributed by atoms with Crippen LogP contribution in [0.5, 0.6) is 0 Å². The zero-order valence-electron chi connectivity index (χ0n) is 8.81. The Balaban J connectivity index is 2.43. The molecule has 0 aliphatic rings. The summed E-state index contributed by atoms with van der Waals surface area (Å²) < 4.78 is 0. The molecule has 0 saturated heterocycles. The largest absolute Gasteiger partial charge is 0.353 e. The summed E-state index contributed by atoms with van der Waals surface area (Å²) in [5, 5.41) is 2.68. The Hall–Kier alpha value is -1.83. The Morgan fingerprint density at radius 3 is 2.67 bits per heavy atom. The summed E-state index contributed by atoms with van der Waals surface area (Å²) in [7, 11) is 0. The quantitative estimate of drug-likeness (QED) is 0.588. The molecule has 0 saturated carbocycles. The van der Waals surface area contributed by atoms with Crippen LogP contribution in [0.15, 0.2) is 48.6 Å². The normalized spacial score (nSPS) is 11.0. The SMILES string of the molecule is CCNC(=O)/C=C/C=C/c1ccccc1. The third-order valence-corrected chi connectivity index (χ3v) is 1.80. The zero-order chi connectivity index (χ0) is 10.9. The van der Waals surface area contributed by atoms with E-state index in [1.165, 1.54) is 6.08 Å². The van der Waals surface area contributed by atoms with Crippen LogP contribution in [0.1, 0.15) is 12.5 Å². The van der Waals surface area contributed by atoms with Crippen LogP contribution in [-0.2, 0) is 4.79 Å². The van der Waals surface area contributed by atoms with E-state index >= 15 is 0 Å². The maximum atomic E-state index is 11.0. The van der Waals surface area contributed by atoms with Crippen LogP contribution in [0, 0.1) is 0 Å². The summed E-state index contributed by atoms with van der Waals surface area (Å²) in [4.78, 5) is 11.0. The van der Waals surface area contributed by atoms with Gasteiger partial charge in [-0.3, -0.25) is 4.79 Å². The Bertz CT molecular complexity index is 352. The van der Waals surface area contributed by atoms with Crippen molar-refractivity contribution >= 4 is 12.0 Å². The number of nitrogens with one attached hydrogen (secondary N) is 1. The van der Waals surface area contributed by atoms with Crippen molar-refractivity contribution in [3.8, 4) is 0 Å². The number of allylic oxidation sites excluding steroid dienone is 2. The van der Waals surface area contributed by atoms with E-state index < -0.39 is 0 Å². The highest BCUT2D eigenvalue weighted by Gasteiger charge is 1.87. The van der Waals surface area contributed by atoms with Gasteiger partial charge in [0.15, 0.2) is 0 Å². The molecule has 0 bridgehead atoms. The lowest BCUT2D eigenvalue weighted by Crippen LogP contribution is -2.19. The fourth-order valence-electron chi connectivity index (χ4n) is 1.11. The Morgan fingerprint density at radius 1 is 1.27 bits per heavy atom. The number of likely N-dealkylation sites (N-methyl/N-ethyl adjacent to an activating group) is 1. The van der Waals surface area contributed by atoms with Crippen molar-refractivity contribution in [2.75, 3.05) is 6.54 Å². The van der Waals surface area contributed by atoms with Crippen molar-refractivity contribution < 1.29 is 4.79 Å². The van der Waals surface area contributed by atoms with Crippen molar-refractivity contribution in [2.24, 2.45) is 0 Å². The molecule has 0 unspecified atom stereocenters. The van der Waals surface area contributed by atoms with Gasteiger partial charge in [-0.15, -0.1) is 0 Å². The summed E-state index contributed by atoms with van der Waals surface area (Å²) in [6, 6.07) is 9.95. The minimum absolute atomic E-state index is 0.0600. The van der Waals surface area contributed by atoms with Crippen LogP contribution in [0.3, 0.4) is 0 Å². The fourth-order valence-corrected chi connectivity index (χ4v) is 1.11. The van der Waals surface area contributed by atoms with Crippen molar-refractivity contribution in [2.45, 2.75) is 6.92 Å². The number of carbonyl (C=O) groups excluding carboxylic acids is 1. The van der Waals surface area contributed by atoms with Crippen molar-refractivity contribution in [3.63, 3.8) is 0 Å². The van der Waals surface area contributed by atoms with Gasteiger partial charge in [-0.2, -0.15) is 0 Å². The van der Waals surface area contributed by atoms with E-state index in [1.54, 1.807) is 6.08 Å². The summed E-state index contributed by atoms with van der Waals surface area (Å²) >= 11 is 0. The van der Waals surface area contributed by atoms with Gasteiger partial charge in [-0.25, -0.2) is 0 Å². The van der Waals surface area contributed by atoms with Crippen LogP contribution in [-0.4, -0.2) is 12.5 Å². The Labute approximate surface area is 90.3 Å². The molecular formula is C13H15NO. The van der Waals surface area contributed by atoms with Crippen molar-refractivity contribution in [1.82, 2.24) is 5.32 Å². The second-order valence-corrected chi connectivity index (χ2v) is 3.02. The topological polar surface area (TPSA) is 29.1 Å². The predicted molar refractivity (Wildman–Crippen MR) is 63.3 cm³/mol. The van der Waals surface area contributed by atoms with Crippen LogP contribution in [0.2, 0.25) is 0 Å². The lowest BCUT2D eigenvalue weighted by atomic mass is 10.2. The number of carbonyl (C=O) groups is 1. The molecule has 2 heteroatoms. The van der Waals surface area contributed by atoms with Crippen LogP contribution < -0.4 is 5.32 Å². The number of benzene rings is 1. The summed E-state index contributed by atoms with van der Waals surface area (Å²) in [5.41, 5.74) is 1.12. The molecule has 15 heavy (non-hydrogen) atoms. The molecule has 0 aromatic heterocycles. The van der Waals surface area contributed by atoms with Crippen molar-refractivity contribution in [3.05, 3.63) is 54.1 Å². The van der Waals surface area contributed by atoms with Crippen molar-refractivity contribution in [1.29, 1.82) is 0 Å². The molecule has 0 aliphatic heterocycles. The summed E-state index contributed by atoms with van der Waals surface area (Å²) in [6.07, 6.45) is 7.06. The van der Waals surface area contributed by atoms with E-state index in [9.17, 15) is 4.79 Å². The maximum Gasteiger partial charge on any atom is 0.243 e. The van der Waals surface area contributed by atoms with Gasteiger partial charge in [0, 0.05) is 12.6 Å². The predicted octanol–water partition coefficient (Wildman–Crippen LogP) is 2.39. The molecule has 1 aromatic rings. The van der Waals surface area contributed by atoms with Gasteiger partial charge in [0.25, 0.3) is 0 Å². The number of hydrogen-bond acceptors (Lipinski definition) is 1. The second-order valence-electron chi connectivity index (χ2n) is 3.02. The highest BCUT2D eigenvalue weighted by atomic mass is 16.1. The molecule has 0 atom stereocenters. The number of amides is 1. The molecule has 1 aromatic carbocycles. The average molecular weight is 201 g/mol. The first-order valence-corrected chi connectivity index (χ1v) is 5.00. The summed E-state index contributed by atoms with van der Waals surface area (Å²) in [5.74, 6) is -0.0600. The lowest BCUT2D eigenvalue weighted by molar-refractivity contribution is -0.116. The third kappa shape index (κ3) is 4.81. The average Bonchev–Trinajstić information content (AvgIpc) is 2.26. The van der Waals surface area contributed by atoms with Crippen LogP contribution >= 0.6 is 0 Å². The first-order chi connectivity index (χ1) is 7.33. The molecule has 78 valence electrons. The van der Waals surface area contributed by atoms with Gasteiger partial charge >= 0.3 is 0 Å². The highest BCUT2D eigenvalue weighted by Crippen LogP contribution is 2.00. The number of rotatable bonds is 4. The molecule has 1 N–H and O–H groups in total. The molecule has 0 heterocycles. The molecule has 1 rings (SSSR count). The van der Waals surface area contributed by atoms with Gasteiger partial charge in [0.2, 0.25) is 5.91 Å². The monoisotopic (exact) mass is 201 g/mol. The summed E-state index contributed by atoms with van der Waals surface area (Å²) in [6.45, 7) is 2.55. The molecule has 0 spiro atoms. The third-order valence-electron chi connectivity index (χ3n) is 1.80. The van der Waals surface area contributed by atoms with E-state index in [-0.39, 0.29) is 5.91 Å². The van der Waals surface area contributed by atoms with E-state index in [1.807, 2.05) is 49.4 Å². The highest BCUT2D eigenvalue weighted by molar-refractivity contribution is 5.87. The van der Waals surface area contributed by atoms with Gasteiger partial charge in [-0.1, -0.05) is 48.6 Å². The van der Waals surface area contributed by atoms with E-state index in [0.29, 0.717) is 6.54 Å². The first kappa shape index (κ1) is 11.2. The molecule has 0 fully saturated rings. The Kier molecular flexibility index (Phi) is 4.95. The molecular weight excluding hydrogens is 186 g/mol. The standard InChI is InChI=1S/C13H15NO/c1-2-14-13(15)11-7-6-10-12-8-4-3-5-9-12/h3-11H,2H2,1H3,(H,14,15)/b10-6+,11-7+. The van der Waals surface area contributed by atoms with Crippen LogP contribution in [0.25, 0.3) is 6.08 Å². The smallest absolute Gasteiger partial charge is 0.243 e. The van der Waals surface area contributed by atoms with E-state index in [2.05, 4.69) is 5.32 Å². The lowest BCUT2D eigenvalue weighted by Gasteiger charge is -1.92. The van der Waals surface area contributed by atoms with E-state index in [4.69, 9.17) is 0 Å². The fraction of sp³-hybridized carbons (Fsp3) is 0.154.